The molecule has 72 valence electrons. The summed E-state index contributed by atoms with van der Waals surface area (Å²) in [5.74, 6) is 0.298. The van der Waals surface area contributed by atoms with E-state index < -0.39 is 13.0 Å². The first-order chi connectivity index (χ1) is 6.08. The monoisotopic (exact) mass is 189 g/mol. The zero-order valence-electron chi connectivity index (χ0n) is 6.67. The Morgan fingerprint density at radius 3 is 2.62 bits per heavy atom. The maximum absolute atomic E-state index is 11.8. The molecule has 0 amide bonds. The summed E-state index contributed by atoms with van der Waals surface area (Å²) >= 11 is 0. The van der Waals surface area contributed by atoms with Crippen molar-refractivity contribution >= 4 is 17.6 Å². The molecular weight excluding hydrogens is 180 g/mol. The molecule has 1 aromatic heterocycles. The lowest BCUT2D eigenvalue weighted by atomic mass is 10.5. The first-order valence-corrected chi connectivity index (χ1v) is 3.50. The minimum Gasteiger partial charge on any atom is -0.383 e. The molecule has 0 saturated carbocycles. The molecular formula is C6H9F2N5. The van der Waals surface area contributed by atoms with Crippen LogP contribution in [-0.4, -0.2) is 22.9 Å². The largest absolute Gasteiger partial charge is 0.383 e. The molecule has 5 N–H and O–H groups in total. The molecule has 0 aliphatic rings. The summed E-state index contributed by atoms with van der Waals surface area (Å²) in [5.41, 5.74) is 10.5. The fourth-order valence-corrected chi connectivity index (χ4v) is 0.758. The second-order valence-electron chi connectivity index (χ2n) is 2.31. The van der Waals surface area contributed by atoms with Crippen LogP contribution in [-0.2, 0) is 0 Å². The summed E-state index contributed by atoms with van der Waals surface area (Å²) < 4.78 is 23.5. The summed E-state index contributed by atoms with van der Waals surface area (Å²) in [4.78, 5) is 7.23. The predicted molar refractivity (Wildman–Crippen MR) is 45.4 cm³/mol. The highest BCUT2D eigenvalue weighted by Gasteiger charge is 2.03. The number of nitrogens with two attached hydrogens (primary N) is 2. The Morgan fingerprint density at radius 1 is 1.38 bits per heavy atom. The Hall–Kier alpha value is -1.66. The number of halogens is 2. The Labute approximate surface area is 73.2 Å². The molecule has 1 aromatic rings. The van der Waals surface area contributed by atoms with Gasteiger partial charge in [-0.05, 0) is 0 Å². The van der Waals surface area contributed by atoms with E-state index in [2.05, 4.69) is 15.3 Å². The highest BCUT2D eigenvalue weighted by atomic mass is 19.3. The smallest absolute Gasteiger partial charge is 0.255 e. The third-order valence-corrected chi connectivity index (χ3v) is 1.20. The van der Waals surface area contributed by atoms with Crippen LogP contribution in [0.3, 0.4) is 0 Å². The molecule has 0 aliphatic carbocycles. The van der Waals surface area contributed by atoms with Gasteiger partial charge < -0.3 is 16.8 Å². The van der Waals surface area contributed by atoms with Gasteiger partial charge in [0, 0.05) is 6.07 Å². The number of aromatic nitrogens is 2. The van der Waals surface area contributed by atoms with E-state index in [1.54, 1.807) is 0 Å². The summed E-state index contributed by atoms with van der Waals surface area (Å²) in [6.07, 6.45) is -2.45. The van der Waals surface area contributed by atoms with E-state index in [1.807, 2.05) is 0 Å². The highest BCUT2D eigenvalue weighted by Crippen LogP contribution is 2.09. The van der Waals surface area contributed by atoms with Gasteiger partial charge in [-0.15, -0.1) is 0 Å². The Bertz CT molecular complexity index is 270. The number of rotatable bonds is 3. The maximum atomic E-state index is 11.8. The van der Waals surface area contributed by atoms with Gasteiger partial charge in [-0.2, -0.15) is 9.97 Å². The number of hydrogen-bond donors (Lipinski definition) is 3. The molecule has 7 heteroatoms. The number of nitrogens with one attached hydrogen (secondary N) is 1. The fraction of sp³-hybridized carbons (Fsp3) is 0.333. The molecule has 0 bridgehead atoms. The summed E-state index contributed by atoms with van der Waals surface area (Å²) in [7, 11) is 0. The zero-order chi connectivity index (χ0) is 9.84. The third-order valence-electron chi connectivity index (χ3n) is 1.20. The van der Waals surface area contributed by atoms with Crippen LogP contribution in [0.15, 0.2) is 6.07 Å². The van der Waals surface area contributed by atoms with Crippen LogP contribution in [0.1, 0.15) is 0 Å². The lowest BCUT2D eigenvalue weighted by Gasteiger charge is -2.05. The van der Waals surface area contributed by atoms with Crippen molar-refractivity contribution in [1.29, 1.82) is 0 Å². The van der Waals surface area contributed by atoms with Gasteiger partial charge >= 0.3 is 0 Å². The Morgan fingerprint density at radius 2 is 2.08 bits per heavy atom. The lowest BCUT2D eigenvalue weighted by Crippen LogP contribution is -2.12. The van der Waals surface area contributed by atoms with Crippen molar-refractivity contribution in [1.82, 2.24) is 9.97 Å². The molecule has 0 fully saturated rings. The van der Waals surface area contributed by atoms with Crippen molar-refractivity contribution < 1.29 is 8.78 Å². The fourth-order valence-electron chi connectivity index (χ4n) is 0.758. The van der Waals surface area contributed by atoms with Gasteiger partial charge in [0.05, 0.1) is 6.54 Å². The number of alkyl halides is 2. The molecule has 1 rings (SSSR count). The van der Waals surface area contributed by atoms with Crippen molar-refractivity contribution in [2.75, 3.05) is 23.3 Å². The van der Waals surface area contributed by atoms with E-state index in [-0.39, 0.29) is 17.6 Å². The number of nitrogen functional groups attached to an aromatic ring is 2. The van der Waals surface area contributed by atoms with Gasteiger partial charge in [-0.1, -0.05) is 0 Å². The first-order valence-electron chi connectivity index (χ1n) is 3.50. The van der Waals surface area contributed by atoms with Crippen LogP contribution >= 0.6 is 0 Å². The predicted octanol–water partition coefficient (Wildman–Crippen LogP) is 0.318. The third kappa shape index (κ3) is 3.06. The standard InChI is InChI=1S/C6H9F2N5/c7-3(8)2-11-5-1-4(9)12-6(10)13-5/h1,3H,2H2,(H5,9,10,11,12,13). The van der Waals surface area contributed by atoms with E-state index >= 15 is 0 Å². The van der Waals surface area contributed by atoms with Crippen LogP contribution in [0.4, 0.5) is 26.4 Å². The van der Waals surface area contributed by atoms with Crippen LogP contribution in [0.5, 0.6) is 0 Å². The van der Waals surface area contributed by atoms with Crippen molar-refractivity contribution in [2.24, 2.45) is 0 Å². The summed E-state index contributed by atoms with van der Waals surface area (Å²) in [6, 6.07) is 1.33. The van der Waals surface area contributed by atoms with E-state index in [1.165, 1.54) is 6.07 Å². The molecule has 0 atom stereocenters. The van der Waals surface area contributed by atoms with Crippen molar-refractivity contribution in [2.45, 2.75) is 6.43 Å². The van der Waals surface area contributed by atoms with Crippen LogP contribution in [0.2, 0.25) is 0 Å². The normalized spacial score (nSPS) is 10.4. The average molecular weight is 189 g/mol. The van der Waals surface area contributed by atoms with E-state index in [0.29, 0.717) is 0 Å². The van der Waals surface area contributed by atoms with Crippen molar-refractivity contribution in [3.63, 3.8) is 0 Å². The van der Waals surface area contributed by atoms with Crippen LogP contribution in [0.25, 0.3) is 0 Å². The number of anilines is 3. The molecule has 0 spiro atoms. The summed E-state index contributed by atoms with van der Waals surface area (Å²) in [6.45, 7) is -0.490. The van der Waals surface area contributed by atoms with Crippen LogP contribution in [0, 0.1) is 0 Å². The number of nitrogens with zero attached hydrogens (tertiary/aromatic N) is 2. The van der Waals surface area contributed by atoms with E-state index in [0.717, 1.165) is 0 Å². The number of hydrogen-bond acceptors (Lipinski definition) is 5. The average Bonchev–Trinajstić information content (AvgIpc) is 1.99. The molecule has 0 aromatic carbocycles. The molecule has 0 saturated heterocycles. The first kappa shape index (κ1) is 9.43. The molecule has 13 heavy (non-hydrogen) atoms. The molecule has 0 radical (unpaired) electrons. The van der Waals surface area contributed by atoms with Crippen molar-refractivity contribution in [3.8, 4) is 0 Å². The Balaban J connectivity index is 2.66. The minimum absolute atomic E-state index is 0.0447. The lowest BCUT2D eigenvalue weighted by molar-refractivity contribution is 0.163. The van der Waals surface area contributed by atoms with Gasteiger partial charge in [0.25, 0.3) is 6.43 Å². The van der Waals surface area contributed by atoms with E-state index in [9.17, 15) is 8.78 Å². The van der Waals surface area contributed by atoms with Crippen LogP contribution < -0.4 is 16.8 Å². The SMILES string of the molecule is Nc1cc(NCC(F)F)nc(N)n1. The van der Waals surface area contributed by atoms with Crippen molar-refractivity contribution in [3.05, 3.63) is 6.07 Å². The van der Waals surface area contributed by atoms with Gasteiger partial charge in [0.15, 0.2) is 0 Å². The molecule has 0 unspecified atom stereocenters. The minimum atomic E-state index is -2.45. The maximum Gasteiger partial charge on any atom is 0.255 e. The van der Waals surface area contributed by atoms with Gasteiger partial charge in [0.2, 0.25) is 5.95 Å². The van der Waals surface area contributed by atoms with Gasteiger partial charge in [0.1, 0.15) is 11.6 Å². The van der Waals surface area contributed by atoms with E-state index in [4.69, 9.17) is 11.5 Å². The molecule has 0 aliphatic heterocycles. The van der Waals surface area contributed by atoms with Gasteiger partial charge in [-0.3, -0.25) is 0 Å². The Kier molecular flexibility index (Phi) is 2.78. The summed E-state index contributed by atoms with van der Waals surface area (Å²) in [5, 5.41) is 2.36. The second kappa shape index (κ2) is 3.83. The van der Waals surface area contributed by atoms with Gasteiger partial charge in [-0.25, -0.2) is 8.78 Å². The zero-order valence-corrected chi connectivity index (χ0v) is 6.67. The quantitative estimate of drug-likeness (QED) is 0.637. The molecule has 1 heterocycles. The topological polar surface area (TPSA) is 89.8 Å². The molecule has 5 nitrogen and oxygen atoms in total. The highest BCUT2D eigenvalue weighted by molar-refractivity contribution is 5.48. The second-order valence-corrected chi connectivity index (χ2v) is 2.31.